The number of fused-ring (bicyclic) bond motifs is 1. The van der Waals surface area contributed by atoms with Crippen LogP contribution in [0.1, 0.15) is 44.8 Å². The molecule has 0 unspecified atom stereocenters. The third kappa shape index (κ3) is 4.61. The molecule has 4 nitrogen and oxygen atoms in total. The highest BCUT2D eigenvalue weighted by Gasteiger charge is 2.25. The van der Waals surface area contributed by atoms with Crippen molar-refractivity contribution in [3.05, 3.63) is 79.1 Å². The summed E-state index contributed by atoms with van der Waals surface area (Å²) in [6.07, 6.45) is 5.64. The number of aromatic hydroxyl groups is 1. The molecule has 1 amide bonds. The minimum absolute atomic E-state index is 0.0278. The van der Waals surface area contributed by atoms with Crippen LogP contribution in [0.25, 0.3) is 0 Å². The highest BCUT2D eigenvalue weighted by molar-refractivity contribution is 9.10. The number of nitrogens with zero attached hydrogens (tertiary/aromatic N) is 1. The second-order valence-electron chi connectivity index (χ2n) is 7.14. The van der Waals surface area contributed by atoms with Gasteiger partial charge in [0.2, 0.25) is 0 Å². The van der Waals surface area contributed by atoms with Crippen molar-refractivity contribution in [2.24, 2.45) is 4.99 Å². The maximum atomic E-state index is 13.1. The molecule has 1 heterocycles. The van der Waals surface area contributed by atoms with E-state index in [0.29, 0.717) is 22.7 Å². The fraction of sp³-hybridized carbons (Fsp3) is 0.217. The van der Waals surface area contributed by atoms with Crippen LogP contribution in [0.2, 0.25) is 5.02 Å². The van der Waals surface area contributed by atoms with Gasteiger partial charge >= 0.3 is 0 Å². The quantitative estimate of drug-likeness (QED) is 0.394. The normalized spacial score (nSPS) is 13.4. The lowest BCUT2D eigenvalue weighted by atomic mass is 9.95. The van der Waals surface area contributed by atoms with E-state index in [4.69, 9.17) is 11.6 Å². The Morgan fingerprint density at radius 1 is 1.23 bits per heavy atom. The van der Waals surface area contributed by atoms with Crippen molar-refractivity contribution in [3.8, 4) is 5.75 Å². The number of phenols is 1. The topological polar surface area (TPSA) is 61.7 Å². The Balaban J connectivity index is 1.65. The Morgan fingerprint density at radius 2 is 2.00 bits per heavy atom. The second-order valence-corrected chi connectivity index (χ2v) is 9.55. The Hall–Kier alpha value is -2.15. The molecule has 7 heteroatoms. The van der Waals surface area contributed by atoms with Gasteiger partial charge in [0.15, 0.2) is 0 Å². The fourth-order valence-corrected chi connectivity index (χ4v) is 5.62. The van der Waals surface area contributed by atoms with Gasteiger partial charge in [-0.05, 0) is 48.9 Å². The first-order valence-corrected chi connectivity index (χ1v) is 11.7. The molecule has 0 radical (unpaired) electrons. The lowest BCUT2D eigenvalue weighted by molar-refractivity contribution is 0.0951. The molecule has 1 aliphatic rings. The van der Waals surface area contributed by atoms with E-state index < -0.39 is 0 Å². The lowest BCUT2D eigenvalue weighted by Gasteiger charge is -2.12. The van der Waals surface area contributed by atoms with Crippen LogP contribution in [0.3, 0.4) is 0 Å². The lowest BCUT2D eigenvalue weighted by Crippen LogP contribution is -2.24. The zero-order chi connectivity index (χ0) is 21.1. The number of halogens is 2. The van der Waals surface area contributed by atoms with E-state index in [1.165, 1.54) is 4.88 Å². The Kier molecular flexibility index (Phi) is 6.56. The van der Waals surface area contributed by atoms with E-state index in [1.54, 1.807) is 29.7 Å². The highest BCUT2D eigenvalue weighted by atomic mass is 79.9. The fourth-order valence-electron chi connectivity index (χ4n) is 3.56. The Bertz CT molecular complexity index is 1110. The van der Waals surface area contributed by atoms with E-state index in [1.807, 2.05) is 30.3 Å². The van der Waals surface area contributed by atoms with E-state index in [-0.39, 0.29) is 16.7 Å². The number of hydrogen-bond acceptors (Lipinski definition) is 4. The molecule has 0 atom stereocenters. The van der Waals surface area contributed by atoms with Gasteiger partial charge in [-0.2, -0.15) is 0 Å². The molecule has 30 heavy (non-hydrogen) atoms. The Morgan fingerprint density at radius 3 is 2.80 bits per heavy atom. The molecule has 3 aromatic rings. The second kappa shape index (κ2) is 9.33. The summed E-state index contributed by atoms with van der Waals surface area (Å²) in [5, 5.41) is 14.2. The van der Waals surface area contributed by atoms with Gasteiger partial charge in [-0.15, -0.1) is 11.3 Å². The summed E-state index contributed by atoms with van der Waals surface area (Å²) >= 11 is 11.0. The van der Waals surface area contributed by atoms with Crippen LogP contribution < -0.4 is 5.32 Å². The number of carbonyl (C=O) groups is 1. The summed E-state index contributed by atoms with van der Waals surface area (Å²) in [5.74, 6) is -0.137. The van der Waals surface area contributed by atoms with Gasteiger partial charge in [0.1, 0.15) is 10.8 Å². The molecule has 154 valence electrons. The highest BCUT2D eigenvalue weighted by Crippen LogP contribution is 2.40. The molecule has 0 spiro atoms. The number of benzene rings is 2. The van der Waals surface area contributed by atoms with Gasteiger partial charge in [-0.3, -0.25) is 4.79 Å². The average Bonchev–Trinajstić information content (AvgIpc) is 3.12. The summed E-state index contributed by atoms with van der Waals surface area (Å²) in [6, 6.07) is 13.2. The van der Waals surface area contributed by atoms with Crippen LogP contribution in [-0.2, 0) is 19.4 Å². The number of amides is 1. The molecule has 0 saturated carbocycles. The van der Waals surface area contributed by atoms with Crippen LogP contribution in [0.4, 0.5) is 5.00 Å². The predicted molar refractivity (Wildman–Crippen MR) is 127 cm³/mol. The monoisotopic (exact) mass is 502 g/mol. The standard InChI is InChI=1S/C23H20BrClN2O2S/c24-16-10-15(21(28)18(25)11-16)13-27-23-20(17-8-4-5-9-19(17)30-23)22(29)26-12-14-6-2-1-3-7-14/h1-3,6-7,10-11,13,28H,4-5,8-9,12H2,(H,26,29). The molecule has 0 saturated heterocycles. The van der Waals surface area contributed by atoms with Crippen molar-refractivity contribution in [3.63, 3.8) is 0 Å². The smallest absolute Gasteiger partial charge is 0.254 e. The van der Waals surface area contributed by atoms with E-state index in [9.17, 15) is 9.90 Å². The molecule has 1 aliphatic carbocycles. The molecule has 4 rings (SSSR count). The first-order valence-electron chi connectivity index (χ1n) is 9.71. The van der Waals surface area contributed by atoms with Crippen molar-refractivity contribution >= 4 is 56.0 Å². The minimum atomic E-state index is -0.109. The molecule has 2 aromatic carbocycles. The number of rotatable bonds is 5. The maximum absolute atomic E-state index is 13.1. The van der Waals surface area contributed by atoms with Gasteiger partial charge in [0, 0.05) is 27.7 Å². The van der Waals surface area contributed by atoms with Gasteiger partial charge in [-0.25, -0.2) is 4.99 Å². The van der Waals surface area contributed by atoms with Crippen LogP contribution >= 0.6 is 38.9 Å². The SMILES string of the molecule is O=C(NCc1ccccc1)c1c(N=Cc2cc(Br)cc(Cl)c2O)sc2c1CCCC2. The molecule has 1 aromatic heterocycles. The number of aliphatic imine (C=N–C) groups is 1. The summed E-state index contributed by atoms with van der Waals surface area (Å²) in [6.45, 7) is 0.468. The van der Waals surface area contributed by atoms with Crippen molar-refractivity contribution < 1.29 is 9.90 Å². The van der Waals surface area contributed by atoms with Crippen LogP contribution in [0.5, 0.6) is 5.75 Å². The van der Waals surface area contributed by atoms with Gasteiger partial charge in [0.25, 0.3) is 5.91 Å². The number of aryl methyl sites for hydroxylation is 1. The summed E-state index contributed by atoms with van der Waals surface area (Å²) in [5.41, 5.74) is 3.31. The first kappa shape index (κ1) is 21.1. The third-order valence-electron chi connectivity index (χ3n) is 5.05. The molecule has 2 N–H and O–H groups in total. The zero-order valence-electron chi connectivity index (χ0n) is 16.1. The largest absolute Gasteiger partial charge is 0.506 e. The number of phenolic OH excluding ortho intramolecular Hbond substituents is 1. The number of thiophene rings is 1. The van der Waals surface area contributed by atoms with Crippen molar-refractivity contribution in [2.45, 2.75) is 32.2 Å². The summed E-state index contributed by atoms with van der Waals surface area (Å²) in [7, 11) is 0. The van der Waals surface area contributed by atoms with E-state index in [2.05, 4.69) is 26.2 Å². The van der Waals surface area contributed by atoms with Crippen LogP contribution in [-0.4, -0.2) is 17.2 Å². The molecular weight excluding hydrogens is 484 g/mol. The van der Waals surface area contributed by atoms with Gasteiger partial charge in [0.05, 0.1) is 10.6 Å². The van der Waals surface area contributed by atoms with Crippen molar-refractivity contribution in [2.75, 3.05) is 0 Å². The molecular formula is C23H20BrClN2O2S. The van der Waals surface area contributed by atoms with Gasteiger partial charge in [-0.1, -0.05) is 57.9 Å². The molecule has 0 bridgehead atoms. The van der Waals surface area contributed by atoms with Crippen LogP contribution in [0, 0.1) is 0 Å². The zero-order valence-corrected chi connectivity index (χ0v) is 19.3. The number of carbonyl (C=O) groups excluding carboxylic acids is 1. The van der Waals surface area contributed by atoms with Crippen molar-refractivity contribution in [1.82, 2.24) is 5.32 Å². The number of nitrogens with one attached hydrogen (secondary N) is 1. The van der Waals surface area contributed by atoms with Crippen LogP contribution in [0.15, 0.2) is 51.9 Å². The number of hydrogen-bond donors (Lipinski definition) is 2. The predicted octanol–water partition coefficient (Wildman–Crippen LogP) is 6.43. The Labute approximate surface area is 192 Å². The molecule has 0 fully saturated rings. The molecule has 0 aliphatic heterocycles. The maximum Gasteiger partial charge on any atom is 0.254 e. The first-order chi connectivity index (χ1) is 14.5. The van der Waals surface area contributed by atoms with E-state index >= 15 is 0 Å². The van der Waals surface area contributed by atoms with E-state index in [0.717, 1.165) is 41.3 Å². The van der Waals surface area contributed by atoms with Crippen molar-refractivity contribution in [1.29, 1.82) is 0 Å². The third-order valence-corrected chi connectivity index (χ3v) is 7.00. The summed E-state index contributed by atoms with van der Waals surface area (Å²) < 4.78 is 0.748. The average molecular weight is 504 g/mol. The van der Waals surface area contributed by atoms with Gasteiger partial charge < -0.3 is 10.4 Å². The minimum Gasteiger partial charge on any atom is -0.506 e. The summed E-state index contributed by atoms with van der Waals surface area (Å²) in [4.78, 5) is 18.9.